The molecule has 3 aromatic carbocycles. The number of ether oxygens (including phenoxy) is 1. The fraction of sp³-hybridized carbons (Fsp3) is 0.240. The Morgan fingerprint density at radius 2 is 1.59 bits per heavy atom. The highest BCUT2D eigenvalue weighted by Crippen LogP contribution is 2.25. The van der Waals surface area contributed by atoms with Gasteiger partial charge in [-0.2, -0.15) is 0 Å². The molecule has 0 heterocycles. The van der Waals surface area contributed by atoms with Gasteiger partial charge in [-0.05, 0) is 48.4 Å². The molecule has 0 unspecified atom stereocenters. The van der Waals surface area contributed by atoms with Gasteiger partial charge < -0.3 is 10.1 Å². The van der Waals surface area contributed by atoms with E-state index < -0.39 is 10.0 Å². The van der Waals surface area contributed by atoms with Crippen molar-refractivity contribution < 1.29 is 17.9 Å². The fourth-order valence-corrected chi connectivity index (χ4v) is 4.53. The molecule has 168 valence electrons. The zero-order valence-electron chi connectivity index (χ0n) is 18.3. The zero-order chi connectivity index (χ0) is 23.0. The van der Waals surface area contributed by atoms with Gasteiger partial charge in [0.25, 0.3) is 15.9 Å². The van der Waals surface area contributed by atoms with Crippen LogP contribution in [-0.2, 0) is 16.4 Å². The van der Waals surface area contributed by atoms with Crippen molar-refractivity contribution in [3.05, 3.63) is 90.0 Å². The van der Waals surface area contributed by atoms with Crippen molar-refractivity contribution in [2.24, 2.45) is 0 Å². The Bertz CT molecular complexity index is 1130. The molecule has 32 heavy (non-hydrogen) atoms. The third kappa shape index (κ3) is 5.68. The van der Waals surface area contributed by atoms with Gasteiger partial charge in [-0.25, -0.2) is 8.42 Å². The number of rotatable bonds is 10. The predicted molar refractivity (Wildman–Crippen MR) is 127 cm³/mol. The Morgan fingerprint density at radius 1 is 0.938 bits per heavy atom. The average Bonchev–Trinajstić information content (AvgIpc) is 2.83. The number of hydrogen-bond acceptors (Lipinski definition) is 4. The predicted octanol–water partition coefficient (Wildman–Crippen LogP) is 4.27. The summed E-state index contributed by atoms with van der Waals surface area (Å²) in [5.41, 5.74) is 1.85. The molecule has 0 spiro atoms. The second kappa shape index (κ2) is 10.8. The number of benzene rings is 3. The molecule has 7 heteroatoms. The van der Waals surface area contributed by atoms with Gasteiger partial charge in [-0.1, -0.05) is 55.8 Å². The maximum Gasteiger partial charge on any atom is 0.264 e. The molecule has 1 amide bonds. The molecular weight excluding hydrogens is 424 g/mol. The summed E-state index contributed by atoms with van der Waals surface area (Å²) in [6, 6.07) is 22.7. The Hall–Kier alpha value is -3.32. The number of sulfonamides is 1. The summed E-state index contributed by atoms with van der Waals surface area (Å²) in [7, 11) is -2.34. The summed E-state index contributed by atoms with van der Waals surface area (Å²) in [6.07, 6.45) is 2.12. The summed E-state index contributed by atoms with van der Waals surface area (Å²) in [6.45, 7) is 2.73. The van der Waals surface area contributed by atoms with Crippen molar-refractivity contribution in [3.8, 4) is 5.75 Å². The van der Waals surface area contributed by atoms with E-state index in [1.807, 2.05) is 24.3 Å². The number of carbonyl (C=O) groups excluding carboxylic acids is 1. The Labute approximate surface area is 189 Å². The highest BCUT2D eigenvalue weighted by molar-refractivity contribution is 7.92. The second-order valence-electron chi connectivity index (χ2n) is 7.30. The van der Waals surface area contributed by atoms with E-state index in [4.69, 9.17) is 4.74 Å². The summed E-state index contributed by atoms with van der Waals surface area (Å²) < 4.78 is 32.8. The molecule has 0 fully saturated rings. The molecule has 0 aliphatic carbocycles. The maximum atomic E-state index is 13.0. The lowest BCUT2D eigenvalue weighted by molar-refractivity contribution is 0.0947. The molecule has 3 aromatic rings. The van der Waals surface area contributed by atoms with Gasteiger partial charge in [0.2, 0.25) is 0 Å². The van der Waals surface area contributed by atoms with Crippen LogP contribution in [0.2, 0.25) is 0 Å². The summed E-state index contributed by atoms with van der Waals surface area (Å²) in [4.78, 5) is 12.9. The number of hydrogen-bond donors (Lipinski definition) is 1. The molecule has 0 aliphatic heterocycles. The Kier molecular flexibility index (Phi) is 7.89. The average molecular weight is 453 g/mol. The van der Waals surface area contributed by atoms with Gasteiger partial charge in [0.15, 0.2) is 0 Å². The fourth-order valence-electron chi connectivity index (χ4n) is 3.29. The molecule has 6 nitrogen and oxygen atoms in total. The standard InChI is InChI=1S/C25H28N2O4S/c1-3-9-20-14-16-21(17-15-20)31-19-18-26-25(28)23-12-7-8-13-24(23)27(2)32(29,30)22-10-5-4-6-11-22/h4-8,10-17H,3,9,18-19H2,1-2H3,(H,26,28). The maximum absolute atomic E-state index is 13.0. The molecule has 0 saturated heterocycles. The van der Waals surface area contributed by atoms with E-state index in [1.165, 1.54) is 24.7 Å². The lowest BCUT2D eigenvalue weighted by Crippen LogP contribution is -2.32. The van der Waals surface area contributed by atoms with E-state index in [-0.39, 0.29) is 16.4 Å². The van der Waals surface area contributed by atoms with E-state index in [1.54, 1.807) is 42.5 Å². The highest BCUT2D eigenvalue weighted by Gasteiger charge is 2.24. The first-order valence-corrected chi connectivity index (χ1v) is 12.0. The van der Waals surface area contributed by atoms with Crippen LogP contribution in [0.15, 0.2) is 83.8 Å². The van der Waals surface area contributed by atoms with Crippen LogP contribution in [-0.4, -0.2) is 34.5 Å². The molecule has 0 aromatic heterocycles. The molecule has 0 bridgehead atoms. The zero-order valence-corrected chi connectivity index (χ0v) is 19.1. The van der Waals surface area contributed by atoms with Crippen LogP contribution in [0.3, 0.4) is 0 Å². The molecule has 0 aliphatic rings. The number of para-hydroxylation sites is 1. The lowest BCUT2D eigenvalue weighted by atomic mass is 10.1. The number of aryl methyl sites for hydroxylation is 1. The van der Waals surface area contributed by atoms with Crippen LogP contribution in [0.4, 0.5) is 5.69 Å². The Balaban J connectivity index is 1.63. The van der Waals surface area contributed by atoms with E-state index in [2.05, 4.69) is 12.2 Å². The minimum absolute atomic E-state index is 0.163. The van der Waals surface area contributed by atoms with Gasteiger partial charge in [-0.3, -0.25) is 9.10 Å². The summed E-state index contributed by atoms with van der Waals surface area (Å²) in [5.74, 6) is 0.380. The minimum Gasteiger partial charge on any atom is -0.492 e. The van der Waals surface area contributed by atoms with E-state index >= 15 is 0 Å². The van der Waals surface area contributed by atoms with Crippen LogP contribution in [0.25, 0.3) is 0 Å². The van der Waals surface area contributed by atoms with Crippen LogP contribution in [0, 0.1) is 0 Å². The largest absolute Gasteiger partial charge is 0.492 e. The lowest BCUT2D eigenvalue weighted by Gasteiger charge is -2.22. The minimum atomic E-state index is -3.79. The Morgan fingerprint density at radius 3 is 2.28 bits per heavy atom. The molecular formula is C25H28N2O4S. The van der Waals surface area contributed by atoms with Crippen LogP contribution >= 0.6 is 0 Å². The third-order valence-corrected chi connectivity index (χ3v) is 6.79. The summed E-state index contributed by atoms with van der Waals surface area (Å²) >= 11 is 0. The quantitative estimate of drug-likeness (QED) is 0.466. The number of nitrogens with zero attached hydrogens (tertiary/aromatic N) is 1. The van der Waals surface area contributed by atoms with Crippen molar-refractivity contribution in [2.45, 2.75) is 24.7 Å². The molecule has 0 atom stereocenters. The van der Waals surface area contributed by atoms with Crippen LogP contribution in [0.5, 0.6) is 5.75 Å². The summed E-state index contributed by atoms with van der Waals surface area (Å²) in [5, 5.41) is 2.80. The van der Waals surface area contributed by atoms with Crippen molar-refractivity contribution in [1.82, 2.24) is 5.32 Å². The van der Waals surface area contributed by atoms with Crippen molar-refractivity contribution >= 4 is 21.6 Å². The van der Waals surface area contributed by atoms with Crippen LogP contribution in [0.1, 0.15) is 29.3 Å². The number of anilines is 1. The van der Waals surface area contributed by atoms with Crippen molar-refractivity contribution in [3.63, 3.8) is 0 Å². The number of nitrogens with one attached hydrogen (secondary N) is 1. The normalized spacial score (nSPS) is 11.1. The van der Waals surface area contributed by atoms with Crippen LogP contribution < -0.4 is 14.4 Å². The number of carbonyl (C=O) groups is 1. The van der Waals surface area contributed by atoms with Gasteiger partial charge in [-0.15, -0.1) is 0 Å². The van der Waals surface area contributed by atoms with E-state index in [0.717, 1.165) is 22.9 Å². The molecule has 3 rings (SSSR count). The SMILES string of the molecule is CCCc1ccc(OCCNC(=O)c2ccccc2N(C)S(=O)(=O)c2ccccc2)cc1. The smallest absolute Gasteiger partial charge is 0.264 e. The van der Waals surface area contributed by atoms with E-state index in [0.29, 0.717) is 18.8 Å². The molecule has 1 N–H and O–H groups in total. The van der Waals surface area contributed by atoms with Gasteiger partial charge >= 0.3 is 0 Å². The monoisotopic (exact) mass is 452 g/mol. The second-order valence-corrected chi connectivity index (χ2v) is 9.27. The first-order valence-electron chi connectivity index (χ1n) is 10.6. The third-order valence-electron chi connectivity index (χ3n) is 5.01. The van der Waals surface area contributed by atoms with Gasteiger partial charge in [0, 0.05) is 7.05 Å². The van der Waals surface area contributed by atoms with Gasteiger partial charge in [0.1, 0.15) is 12.4 Å². The number of amides is 1. The topological polar surface area (TPSA) is 75.7 Å². The van der Waals surface area contributed by atoms with E-state index in [9.17, 15) is 13.2 Å². The molecule has 0 radical (unpaired) electrons. The first kappa shape index (κ1) is 23.3. The molecule has 0 saturated carbocycles. The first-order chi connectivity index (χ1) is 15.4. The van der Waals surface area contributed by atoms with Crippen molar-refractivity contribution in [1.29, 1.82) is 0 Å². The highest BCUT2D eigenvalue weighted by atomic mass is 32.2. The van der Waals surface area contributed by atoms with Crippen molar-refractivity contribution in [2.75, 3.05) is 24.5 Å². The van der Waals surface area contributed by atoms with Gasteiger partial charge in [0.05, 0.1) is 22.7 Å².